The fourth-order valence-corrected chi connectivity index (χ4v) is 5.07. The van der Waals surface area contributed by atoms with Crippen LogP contribution in [-0.4, -0.2) is 45.2 Å². The number of rotatable bonds is 8. The van der Waals surface area contributed by atoms with E-state index < -0.39 is 27.6 Å². The second kappa shape index (κ2) is 10.4. The molecule has 1 amide bonds. The van der Waals surface area contributed by atoms with E-state index in [2.05, 4.69) is 4.90 Å². The molecule has 2 fully saturated rings. The van der Waals surface area contributed by atoms with Gasteiger partial charge in [-0.25, -0.2) is 21.9 Å². The summed E-state index contributed by atoms with van der Waals surface area (Å²) >= 11 is 5.80. The number of ether oxygens (including phenoxy) is 1. The summed E-state index contributed by atoms with van der Waals surface area (Å²) in [5.41, 5.74) is 1.32. The molecule has 1 saturated carbocycles. The summed E-state index contributed by atoms with van der Waals surface area (Å²) in [7, 11) is -3.80. The van der Waals surface area contributed by atoms with Crippen molar-refractivity contribution in [1.82, 2.24) is 9.62 Å². The predicted octanol–water partition coefficient (Wildman–Crippen LogP) is 5.04. The first-order chi connectivity index (χ1) is 16.5. The van der Waals surface area contributed by atoms with Gasteiger partial charge in [0, 0.05) is 12.1 Å². The van der Waals surface area contributed by atoms with Crippen LogP contribution in [0.15, 0.2) is 30.3 Å². The van der Waals surface area contributed by atoms with Gasteiger partial charge in [-0.2, -0.15) is 0 Å². The summed E-state index contributed by atoms with van der Waals surface area (Å²) in [4.78, 5) is 14.5. The smallest absolute Gasteiger partial charge is 0.267 e. The molecule has 35 heavy (non-hydrogen) atoms. The van der Waals surface area contributed by atoms with Crippen molar-refractivity contribution in [2.75, 3.05) is 26.0 Å². The molecule has 0 radical (unpaired) electrons. The first-order valence-electron chi connectivity index (χ1n) is 11.7. The maximum Gasteiger partial charge on any atom is 0.267 e. The zero-order valence-electron chi connectivity index (χ0n) is 19.7. The third-order valence-corrected chi connectivity index (χ3v) is 7.60. The molecule has 6 nitrogen and oxygen atoms in total. The van der Waals surface area contributed by atoms with Gasteiger partial charge in [0.05, 0.1) is 23.4 Å². The molecule has 1 atom stereocenters. The molecule has 1 aliphatic heterocycles. The molecule has 1 saturated heterocycles. The van der Waals surface area contributed by atoms with Gasteiger partial charge in [0.15, 0.2) is 0 Å². The molecule has 0 unspecified atom stereocenters. The lowest BCUT2D eigenvalue weighted by Gasteiger charge is -2.36. The van der Waals surface area contributed by atoms with Crippen LogP contribution in [0.1, 0.15) is 66.1 Å². The fourth-order valence-electron chi connectivity index (χ4n) is 4.51. The molecule has 0 bridgehead atoms. The average molecular weight is 527 g/mol. The van der Waals surface area contributed by atoms with Gasteiger partial charge in [0.2, 0.25) is 10.0 Å². The highest BCUT2D eigenvalue weighted by Crippen LogP contribution is 2.45. The second-order valence-electron chi connectivity index (χ2n) is 9.49. The Hall–Kier alpha value is -2.23. The van der Waals surface area contributed by atoms with Crippen LogP contribution in [0.4, 0.5) is 8.78 Å². The van der Waals surface area contributed by atoms with Crippen molar-refractivity contribution in [3.8, 4) is 5.75 Å². The maximum atomic E-state index is 14.7. The minimum absolute atomic E-state index is 0.0600. The van der Waals surface area contributed by atoms with Gasteiger partial charge in [0.25, 0.3) is 5.91 Å². The molecule has 0 aromatic heterocycles. The number of hydrogen-bond donors (Lipinski definition) is 1. The van der Waals surface area contributed by atoms with Gasteiger partial charge in [-0.1, -0.05) is 17.7 Å². The normalized spacial score (nSPS) is 18.3. The third kappa shape index (κ3) is 6.51. The SMILES string of the molecule is C[C@H](c1ccc(Cl)c(F)c1)N1CCC(COc2cc(F)c(C(=O)NS(C)(=O)=O)cc2C2CC2)CC1. The van der Waals surface area contributed by atoms with Crippen LogP contribution in [0.3, 0.4) is 0 Å². The number of amides is 1. The van der Waals surface area contributed by atoms with Crippen molar-refractivity contribution in [2.24, 2.45) is 5.92 Å². The Morgan fingerprint density at radius 2 is 1.83 bits per heavy atom. The number of carbonyl (C=O) groups is 1. The summed E-state index contributed by atoms with van der Waals surface area (Å²) in [6.07, 6.45) is 4.45. The lowest BCUT2D eigenvalue weighted by molar-refractivity contribution is 0.0977. The van der Waals surface area contributed by atoms with E-state index in [-0.39, 0.29) is 28.5 Å². The summed E-state index contributed by atoms with van der Waals surface area (Å²) in [6, 6.07) is 7.57. The van der Waals surface area contributed by atoms with E-state index in [4.69, 9.17) is 16.3 Å². The van der Waals surface area contributed by atoms with E-state index in [1.807, 2.05) is 17.7 Å². The quantitative estimate of drug-likeness (QED) is 0.522. The largest absolute Gasteiger partial charge is 0.493 e. The van der Waals surface area contributed by atoms with Gasteiger partial charge >= 0.3 is 0 Å². The topological polar surface area (TPSA) is 75.7 Å². The fraction of sp³-hybridized carbons (Fsp3) is 0.480. The standard InChI is InChI=1S/C25H29ClF2N2O4S/c1-15(18-5-6-21(26)23(28)11-18)30-9-7-16(8-10-30)14-34-24-13-22(27)20(12-19(24)17-3-4-17)25(31)29-35(2,32)33/h5-6,11-13,15-17H,3-4,7-10,14H2,1-2H3,(H,29,31)/t15-/m1/s1. The maximum absolute atomic E-state index is 14.7. The van der Waals surface area contributed by atoms with Crippen molar-refractivity contribution in [3.63, 3.8) is 0 Å². The highest BCUT2D eigenvalue weighted by molar-refractivity contribution is 7.89. The van der Waals surface area contributed by atoms with Crippen LogP contribution in [0.5, 0.6) is 5.75 Å². The molecule has 1 N–H and O–H groups in total. The number of piperidine rings is 1. The Morgan fingerprint density at radius 3 is 2.43 bits per heavy atom. The van der Waals surface area contributed by atoms with Crippen molar-refractivity contribution >= 4 is 27.5 Å². The average Bonchev–Trinajstić information content (AvgIpc) is 3.63. The van der Waals surface area contributed by atoms with E-state index in [0.717, 1.165) is 56.2 Å². The molecule has 190 valence electrons. The van der Waals surface area contributed by atoms with Gasteiger partial charge in [-0.05, 0) is 86.9 Å². The minimum Gasteiger partial charge on any atom is -0.493 e. The summed E-state index contributed by atoms with van der Waals surface area (Å²) < 4.78 is 59.1. The molecule has 1 heterocycles. The van der Waals surface area contributed by atoms with E-state index >= 15 is 0 Å². The van der Waals surface area contributed by atoms with Crippen molar-refractivity contribution in [1.29, 1.82) is 0 Å². The number of nitrogens with one attached hydrogen (secondary N) is 1. The van der Waals surface area contributed by atoms with E-state index in [9.17, 15) is 22.0 Å². The summed E-state index contributed by atoms with van der Waals surface area (Å²) in [5.74, 6) is -1.35. The highest BCUT2D eigenvalue weighted by atomic mass is 35.5. The molecular weight excluding hydrogens is 498 g/mol. The van der Waals surface area contributed by atoms with Crippen molar-refractivity contribution in [3.05, 3.63) is 63.7 Å². The molecule has 1 aliphatic carbocycles. The number of hydrogen-bond acceptors (Lipinski definition) is 5. The Labute approximate surface area is 209 Å². The number of sulfonamides is 1. The lowest BCUT2D eigenvalue weighted by Crippen LogP contribution is -2.37. The minimum atomic E-state index is -3.80. The van der Waals surface area contributed by atoms with Crippen LogP contribution < -0.4 is 9.46 Å². The Balaban J connectivity index is 1.37. The molecular formula is C25H29ClF2N2O4S. The van der Waals surface area contributed by atoms with Gasteiger partial charge in [-0.15, -0.1) is 0 Å². The summed E-state index contributed by atoms with van der Waals surface area (Å²) in [6.45, 7) is 4.12. The number of halogens is 3. The van der Waals surface area contributed by atoms with Crippen molar-refractivity contribution in [2.45, 2.75) is 44.6 Å². The number of benzene rings is 2. The first-order valence-corrected chi connectivity index (χ1v) is 14.0. The Kier molecular flexibility index (Phi) is 7.68. The van der Waals surface area contributed by atoms with E-state index in [1.165, 1.54) is 18.2 Å². The van der Waals surface area contributed by atoms with Crippen molar-refractivity contribution < 1.29 is 26.7 Å². The van der Waals surface area contributed by atoms with Gasteiger partial charge in [0.1, 0.15) is 17.4 Å². The van der Waals surface area contributed by atoms with Crippen LogP contribution >= 0.6 is 11.6 Å². The van der Waals surface area contributed by atoms with Crippen LogP contribution in [0, 0.1) is 17.6 Å². The highest BCUT2D eigenvalue weighted by Gasteiger charge is 2.31. The van der Waals surface area contributed by atoms with E-state index in [1.54, 1.807) is 6.07 Å². The van der Waals surface area contributed by atoms with Gasteiger partial charge in [-0.3, -0.25) is 9.69 Å². The number of likely N-dealkylation sites (tertiary alicyclic amines) is 1. The van der Waals surface area contributed by atoms with E-state index in [0.29, 0.717) is 12.4 Å². The zero-order valence-corrected chi connectivity index (χ0v) is 21.3. The first kappa shape index (κ1) is 25.9. The van der Waals surface area contributed by atoms with Crippen LogP contribution in [0.25, 0.3) is 0 Å². The number of carbonyl (C=O) groups excluding carboxylic acids is 1. The summed E-state index contributed by atoms with van der Waals surface area (Å²) in [5, 5.41) is 0.114. The monoisotopic (exact) mass is 526 g/mol. The second-order valence-corrected chi connectivity index (χ2v) is 11.6. The molecule has 2 aliphatic rings. The van der Waals surface area contributed by atoms with Crippen LogP contribution in [-0.2, 0) is 10.0 Å². The Bertz CT molecular complexity index is 1210. The van der Waals surface area contributed by atoms with Gasteiger partial charge < -0.3 is 4.74 Å². The predicted molar refractivity (Wildman–Crippen MR) is 130 cm³/mol. The molecule has 4 rings (SSSR count). The molecule has 0 spiro atoms. The Morgan fingerprint density at radius 1 is 1.14 bits per heavy atom. The third-order valence-electron chi connectivity index (χ3n) is 6.74. The van der Waals surface area contributed by atoms with Crippen LogP contribution in [0.2, 0.25) is 5.02 Å². The zero-order chi connectivity index (χ0) is 25.3. The lowest BCUT2D eigenvalue weighted by atomic mass is 9.95. The molecule has 2 aromatic rings. The number of nitrogens with zero attached hydrogens (tertiary/aromatic N) is 1. The molecule has 10 heteroatoms. The molecule has 2 aromatic carbocycles.